The van der Waals surface area contributed by atoms with Crippen molar-refractivity contribution < 1.29 is 13.6 Å². The maximum atomic E-state index is 13.4. The largest absolute Gasteiger partial charge is 0.338 e. The van der Waals surface area contributed by atoms with Gasteiger partial charge in [0.05, 0.1) is 23.6 Å². The molecule has 8 nitrogen and oxygen atoms in total. The van der Waals surface area contributed by atoms with Gasteiger partial charge in [-0.25, -0.2) is 18.4 Å². The van der Waals surface area contributed by atoms with Gasteiger partial charge in [-0.3, -0.25) is 14.9 Å². The van der Waals surface area contributed by atoms with Crippen molar-refractivity contribution in [3.63, 3.8) is 0 Å². The zero-order chi connectivity index (χ0) is 20.7. The molecule has 1 amide bonds. The molecule has 1 aliphatic heterocycles. The van der Waals surface area contributed by atoms with Gasteiger partial charge >= 0.3 is 0 Å². The smallest absolute Gasteiger partial charge is 0.253 e. The maximum Gasteiger partial charge on any atom is 0.253 e. The highest BCUT2D eigenvalue weighted by atomic mass is 19.3. The molecule has 0 aliphatic carbocycles. The molecule has 3 aromatic heterocycles. The minimum Gasteiger partial charge on any atom is -0.338 e. The molecule has 1 fully saturated rings. The van der Waals surface area contributed by atoms with Gasteiger partial charge in [0, 0.05) is 36.9 Å². The van der Waals surface area contributed by atoms with Gasteiger partial charge in [0.25, 0.3) is 11.8 Å². The number of amides is 1. The number of carbonyl (C=O) groups excluding carboxylic acids is 1. The molecule has 1 aromatic carbocycles. The van der Waals surface area contributed by atoms with Gasteiger partial charge in [-0.2, -0.15) is 10.2 Å². The number of nitrogens with zero attached hydrogens (tertiary/aromatic N) is 6. The molecule has 10 heteroatoms. The summed E-state index contributed by atoms with van der Waals surface area (Å²) in [5, 5.41) is 11.8. The van der Waals surface area contributed by atoms with Crippen LogP contribution >= 0.6 is 0 Å². The fourth-order valence-electron chi connectivity index (χ4n) is 3.57. The summed E-state index contributed by atoms with van der Waals surface area (Å²) in [5.74, 6) is -2.34. The first kappa shape index (κ1) is 18.3. The fourth-order valence-corrected chi connectivity index (χ4v) is 3.57. The van der Waals surface area contributed by atoms with E-state index < -0.39 is 5.92 Å². The molecule has 0 unspecified atom stereocenters. The van der Waals surface area contributed by atoms with E-state index in [9.17, 15) is 13.6 Å². The minimum absolute atomic E-state index is 0.0618. The number of benzene rings is 1. The van der Waals surface area contributed by atoms with Gasteiger partial charge in [-0.05, 0) is 30.3 Å². The number of H-pyrrole nitrogens is 1. The maximum absolute atomic E-state index is 13.4. The van der Waals surface area contributed by atoms with E-state index >= 15 is 0 Å². The molecule has 152 valence electrons. The molecule has 0 saturated carbocycles. The third-order valence-electron chi connectivity index (χ3n) is 5.25. The average molecular weight is 409 g/mol. The van der Waals surface area contributed by atoms with Gasteiger partial charge in [-0.1, -0.05) is 0 Å². The standard InChI is InChI=1S/C20H17F2N7O/c21-20(22)5-7-28(8-6-20)19(30)13-1-4-17-14(9-13)10-26-29(17)15-2-3-16(23-11-15)18-24-12-25-27-18/h1-4,9-12H,5-8H2,(H,24,25,27). The fraction of sp³-hybridized carbons (Fsp3) is 0.250. The molecule has 5 rings (SSSR count). The number of likely N-dealkylation sites (tertiary alicyclic amines) is 1. The molecule has 1 aliphatic rings. The van der Waals surface area contributed by atoms with Crippen LogP contribution in [0.15, 0.2) is 49.1 Å². The lowest BCUT2D eigenvalue weighted by Crippen LogP contribution is -2.42. The zero-order valence-corrected chi connectivity index (χ0v) is 15.8. The number of aromatic nitrogens is 6. The van der Waals surface area contributed by atoms with E-state index in [2.05, 4.69) is 25.3 Å². The van der Waals surface area contributed by atoms with Crippen LogP contribution in [0.5, 0.6) is 0 Å². The summed E-state index contributed by atoms with van der Waals surface area (Å²) in [6.07, 6.45) is 4.17. The summed E-state index contributed by atoms with van der Waals surface area (Å²) >= 11 is 0. The summed E-state index contributed by atoms with van der Waals surface area (Å²) in [6, 6.07) is 8.92. The van der Waals surface area contributed by atoms with Crippen LogP contribution in [-0.4, -0.2) is 59.8 Å². The molecule has 0 spiro atoms. The lowest BCUT2D eigenvalue weighted by molar-refractivity contribution is -0.0494. The molecule has 0 atom stereocenters. The van der Waals surface area contributed by atoms with Crippen molar-refractivity contribution in [2.24, 2.45) is 0 Å². The second kappa shape index (κ2) is 6.97. The SMILES string of the molecule is O=C(c1ccc2c(cnn2-c2ccc(-c3ncn[nH]3)nc2)c1)N1CCC(F)(F)CC1. The summed E-state index contributed by atoms with van der Waals surface area (Å²) < 4.78 is 28.4. The number of alkyl halides is 2. The van der Waals surface area contributed by atoms with Crippen molar-refractivity contribution in [1.82, 2.24) is 34.8 Å². The number of halogens is 2. The van der Waals surface area contributed by atoms with Crippen molar-refractivity contribution in [1.29, 1.82) is 0 Å². The quantitative estimate of drug-likeness (QED) is 0.561. The number of hydrogen-bond donors (Lipinski definition) is 1. The summed E-state index contributed by atoms with van der Waals surface area (Å²) in [5.41, 5.74) is 2.69. The van der Waals surface area contributed by atoms with E-state index in [-0.39, 0.29) is 31.8 Å². The monoisotopic (exact) mass is 409 g/mol. The zero-order valence-electron chi connectivity index (χ0n) is 15.8. The third kappa shape index (κ3) is 3.30. The van der Waals surface area contributed by atoms with E-state index in [0.717, 1.165) is 16.6 Å². The van der Waals surface area contributed by atoms with Crippen molar-refractivity contribution in [2.45, 2.75) is 18.8 Å². The Morgan fingerprint density at radius 2 is 1.90 bits per heavy atom. The number of carbonyl (C=O) groups is 1. The van der Waals surface area contributed by atoms with Gasteiger partial charge in [0.1, 0.15) is 12.0 Å². The van der Waals surface area contributed by atoms with Gasteiger partial charge in [0.2, 0.25) is 0 Å². The van der Waals surface area contributed by atoms with Gasteiger partial charge in [0.15, 0.2) is 5.82 Å². The van der Waals surface area contributed by atoms with E-state index in [1.54, 1.807) is 35.3 Å². The molecular weight excluding hydrogens is 392 g/mol. The van der Waals surface area contributed by atoms with Crippen LogP contribution in [0.2, 0.25) is 0 Å². The van der Waals surface area contributed by atoms with Crippen LogP contribution < -0.4 is 0 Å². The van der Waals surface area contributed by atoms with E-state index in [1.807, 2.05) is 12.1 Å². The number of hydrogen-bond acceptors (Lipinski definition) is 5. The second-order valence-electron chi connectivity index (χ2n) is 7.21. The highest BCUT2D eigenvalue weighted by molar-refractivity contribution is 5.98. The Labute approximate surface area is 169 Å². The summed E-state index contributed by atoms with van der Waals surface area (Å²) in [7, 11) is 0. The minimum atomic E-state index is -2.68. The number of nitrogens with one attached hydrogen (secondary N) is 1. The van der Waals surface area contributed by atoms with Crippen molar-refractivity contribution in [2.75, 3.05) is 13.1 Å². The Balaban J connectivity index is 1.39. The molecule has 30 heavy (non-hydrogen) atoms. The van der Waals surface area contributed by atoms with Crippen LogP contribution in [0.25, 0.3) is 28.1 Å². The van der Waals surface area contributed by atoms with Crippen molar-refractivity contribution in [3.05, 3.63) is 54.6 Å². The third-order valence-corrected chi connectivity index (χ3v) is 5.25. The Kier molecular flexibility index (Phi) is 4.27. The molecular formula is C20H17F2N7O. The predicted molar refractivity (Wildman–Crippen MR) is 104 cm³/mol. The predicted octanol–water partition coefficient (Wildman–Crippen LogP) is 3.08. The second-order valence-corrected chi connectivity index (χ2v) is 7.21. The van der Waals surface area contributed by atoms with Crippen LogP contribution in [0, 0.1) is 0 Å². The molecule has 4 aromatic rings. The van der Waals surface area contributed by atoms with E-state index in [0.29, 0.717) is 17.1 Å². The summed E-state index contributed by atoms with van der Waals surface area (Å²) in [4.78, 5) is 22.7. The van der Waals surface area contributed by atoms with Crippen molar-refractivity contribution >= 4 is 16.8 Å². The number of aromatic amines is 1. The Hall–Kier alpha value is -3.69. The van der Waals surface area contributed by atoms with Crippen molar-refractivity contribution in [3.8, 4) is 17.2 Å². The Morgan fingerprint density at radius 1 is 1.07 bits per heavy atom. The molecule has 0 radical (unpaired) electrons. The first-order valence-corrected chi connectivity index (χ1v) is 9.47. The molecule has 1 saturated heterocycles. The van der Waals surface area contributed by atoms with Gasteiger partial charge in [-0.15, -0.1) is 0 Å². The highest BCUT2D eigenvalue weighted by Crippen LogP contribution is 2.29. The first-order chi connectivity index (χ1) is 14.5. The van der Waals surface area contributed by atoms with Gasteiger partial charge < -0.3 is 4.90 Å². The van der Waals surface area contributed by atoms with E-state index in [4.69, 9.17) is 0 Å². The van der Waals surface area contributed by atoms with E-state index in [1.165, 1.54) is 11.2 Å². The molecule has 4 heterocycles. The number of piperidine rings is 1. The first-order valence-electron chi connectivity index (χ1n) is 9.47. The van der Waals surface area contributed by atoms with Crippen LogP contribution in [-0.2, 0) is 0 Å². The lowest BCUT2D eigenvalue weighted by Gasteiger charge is -2.31. The topological polar surface area (TPSA) is 92.6 Å². The Morgan fingerprint density at radius 3 is 2.60 bits per heavy atom. The summed E-state index contributed by atoms with van der Waals surface area (Å²) in [6.45, 7) is 0.124. The van der Waals surface area contributed by atoms with Crippen LogP contribution in [0.1, 0.15) is 23.2 Å². The normalized spacial score (nSPS) is 16.1. The number of rotatable bonds is 3. The number of pyridine rings is 1. The number of fused-ring (bicyclic) bond motifs is 1. The average Bonchev–Trinajstić information content (AvgIpc) is 3.43. The molecule has 1 N–H and O–H groups in total. The highest BCUT2D eigenvalue weighted by Gasteiger charge is 2.35. The van der Waals surface area contributed by atoms with Crippen LogP contribution in [0.3, 0.4) is 0 Å². The Bertz CT molecular complexity index is 1190. The van der Waals surface area contributed by atoms with Crippen LogP contribution in [0.4, 0.5) is 8.78 Å². The molecule has 0 bridgehead atoms. The lowest BCUT2D eigenvalue weighted by atomic mass is 10.0.